The largest absolute Gasteiger partial charge is 0.381 e. The van der Waals surface area contributed by atoms with Crippen LogP contribution in [0.2, 0.25) is 0 Å². The SMILES string of the molecule is CC1CCCN(C(=O)c2ccc(NC3CCCCC3)cn2)C1. The van der Waals surface area contributed by atoms with Gasteiger partial charge < -0.3 is 10.2 Å². The fourth-order valence-electron chi connectivity index (χ4n) is 3.62. The van der Waals surface area contributed by atoms with E-state index in [-0.39, 0.29) is 5.91 Å². The fourth-order valence-corrected chi connectivity index (χ4v) is 3.62. The van der Waals surface area contributed by atoms with Gasteiger partial charge in [-0.25, -0.2) is 4.98 Å². The lowest BCUT2D eigenvalue weighted by atomic mass is 9.95. The molecule has 1 aromatic rings. The quantitative estimate of drug-likeness (QED) is 0.926. The molecule has 1 saturated heterocycles. The molecular weight excluding hydrogens is 274 g/mol. The summed E-state index contributed by atoms with van der Waals surface area (Å²) in [5.41, 5.74) is 1.61. The van der Waals surface area contributed by atoms with Crippen molar-refractivity contribution in [1.82, 2.24) is 9.88 Å². The van der Waals surface area contributed by atoms with E-state index in [9.17, 15) is 4.79 Å². The van der Waals surface area contributed by atoms with Crippen molar-refractivity contribution in [2.45, 2.75) is 57.9 Å². The van der Waals surface area contributed by atoms with Crippen LogP contribution in [-0.4, -0.2) is 34.9 Å². The first-order chi connectivity index (χ1) is 10.7. The molecule has 1 unspecified atom stereocenters. The highest BCUT2D eigenvalue weighted by Crippen LogP contribution is 2.22. The van der Waals surface area contributed by atoms with Crippen LogP contribution in [0.1, 0.15) is 62.4 Å². The lowest BCUT2D eigenvalue weighted by Crippen LogP contribution is -2.39. The van der Waals surface area contributed by atoms with Crippen molar-refractivity contribution < 1.29 is 4.79 Å². The number of carbonyl (C=O) groups excluding carboxylic acids is 1. The van der Waals surface area contributed by atoms with Gasteiger partial charge in [0.15, 0.2) is 0 Å². The van der Waals surface area contributed by atoms with Crippen molar-refractivity contribution in [3.63, 3.8) is 0 Å². The molecule has 1 atom stereocenters. The molecule has 0 spiro atoms. The Kier molecular flexibility index (Phi) is 4.96. The molecule has 1 aliphatic carbocycles. The third-order valence-corrected chi connectivity index (χ3v) is 4.90. The van der Waals surface area contributed by atoms with Gasteiger partial charge in [-0.2, -0.15) is 0 Å². The Morgan fingerprint density at radius 2 is 2.00 bits per heavy atom. The molecule has 4 heteroatoms. The summed E-state index contributed by atoms with van der Waals surface area (Å²) >= 11 is 0. The second kappa shape index (κ2) is 7.12. The molecular formula is C18H27N3O. The van der Waals surface area contributed by atoms with E-state index >= 15 is 0 Å². The molecule has 2 aliphatic rings. The Balaban J connectivity index is 1.59. The van der Waals surface area contributed by atoms with Crippen LogP contribution in [0, 0.1) is 5.92 Å². The molecule has 1 aromatic heterocycles. The number of aromatic nitrogens is 1. The molecule has 1 aliphatic heterocycles. The van der Waals surface area contributed by atoms with Gasteiger partial charge in [0.1, 0.15) is 5.69 Å². The van der Waals surface area contributed by atoms with Crippen LogP contribution in [0.15, 0.2) is 18.3 Å². The van der Waals surface area contributed by atoms with Crippen LogP contribution in [0.5, 0.6) is 0 Å². The number of nitrogens with one attached hydrogen (secondary N) is 1. The summed E-state index contributed by atoms with van der Waals surface area (Å²) in [6.45, 7) is 3.94. The molecule has 1 amide bonds. The molecule has 2 heterocycles. The maximum Gasteiger partial charge on any atom is 0.272 e. The number of anilines is 1. The number of hydrogen-bond acceptors (Lipinski definition) is 3. The smallest absolute Gasteiger partial charge is 0.272 e. The molecule has 4 nitrogen and oxygen atoms in total. The van der Waals surface area contributed by atoms with Gasteiger partial charge >= 0.3 is 0 Å². The van der Waals surface area contributed by atoms with Gasteiger partial charge in [-0.1, -0.05) is 26.2 Å². The highest BCUT2D eigenvalue weighted by molar-refractivity contribution is 5.92. The summed E-state index contributed by atoms with van der Waals surface area (Å²) < 4.78 is 0. The van der Waals surface area contributed by atoms with E-state index < -0.39 is 0 Å². The molecule has 0 bridgehead atoms. The van der Waals surface area contributed by atoms with Crippen molar-refractivity contribution in [3.8, 4) is 0 Å². The first kappa shape index (κ1) is 15.3. The zero-order chi connectivity index (χ0) is 15.4. The molecule has 0 radical (unpaired) electrons. The number of carbonyl (C=O) groups is 1. The minimum atomic E-state index is 0.0794. The van der Waals surface area contributed by atoms with Crippen LogP contribution in [0.25, 0.3) is 0 Å². The number of rotatable bonds is 3. The summed E-state index contributed by atoms with van der Waals surface area (Å²) in [7, 11) is 0. The average molecular weight is 301 g/mol. The van der Waals surface area contributed by atoms with Crippen molar-refractivity contribution in [2.24, 2.45) is 5.92 Å². The molecule has 2 fully saturated rings. The summed E-state index contributed by atoms with van der Waals surface area (Å²) in [6, 6.07) is 4.44. The van der Waals surface area contributed by atoms with E-state index in [0.717, 1.165) is 25.2 Å². The number of piperidine rings is 1. The summed E-state index contributed by atoms with van der Waals surface area (Å²) in [6.07, 6.45) is 10.6. The summed E-state index contributed by atoms with van der Waals surface area (Å²) in [4.78, 5) is 18.8. The van der Waals surface area contributed by atoms with Gasteiger partial charge in [-0.05, 0) is 43.7 Å². The minimum absolute atomic E-state index is 0.0794. The Morgan fingerprint density at radius 3 is 2.68 bits per heavy atom. The van der Waals surface area contributed by atoms with E-state index in [4.69, 9.17) is 0 Å². The molecule has 0 aromatic carbocycles. The third kappa shape index (κ3) is 3.79. The molecule has 1 saturated carbocycles. The Labute approximate surface area is 133 Å². The van der Waals surface area contributed by atoms with E-state index in [0.29, 0.717) is 17.7 Å². The molecule has 22 heavy (non-hydrogen) atoms. The van der Waals surface area contributed by atoms with Gasteiger partial charge in [0.05, 0.1) is 11.9 Å². The first-order valence-electron chi connectivity index (χ1n) is 8.74. The summed E-state index contributed by atoms with van der Waals surface area (Å²) in [5.74, 6) is 0.681. The minimum Gasteiger partial charge on any atom is -0.381 e. The number of pyridine rings is 1. The number of nitrogens with zero attached hydrogens (tertiary/aromatic N) is 2. The van der Waals surface area contributed by atoms with E-state index in [1.165, 1.54) is 38.5 Å². The van der Waals surface area contributed by atoms with Crippen LogP contribution >= 0.6 is 0 Å². The van der Waals surface area contributed by atoms with Crippen LogP contribution in [0.3, 0.4) is 0 Å². The number of hydrogen-bond donors (Lipinski definition) is 1. The monoisotopic (exact) mass is 301 g/mol. The zero-order valence-electron chi connectivity index (χ0n) is 13.6. The lowest BCUT2D eigenvalue weighted by Gasteiger charge is -2.30. The van der Waals surface area contributed by atoms with Crippen LogP contribution in [0.4, 0.5) is 5.69 Å². The van der Waals surface area contributed by atoms with Crippen LogP contribution < -0.4 is 5.32 Å². The van der Waals surface area contributed by atoms with E-state index in [1.807, 2.05) is 23.2 Å². The highest BCUT2D eigenvalue weighted by atomic mass is 16.2. The number of amides is 1. The van der Waals surface area contributed by atoms with Gasteiger partial charge in [-0.15, -0.1) is 0 Å². The lowest BCUT2D eigenvalue weighted by molar-refractivity contribution is 0.0677. The average Bonchev–Trinajstić information content (AvgIpc) is 2.56. The topological polar surface area (TPSA) is 45.2 Å². The summed E-state index contributed by atoms with van der Waals surface area (Å²) in [5, 5.41) is 3.55. The Bertz CT molecular complexity index is 494. The van der Waals surface area contributed by atoms with Gasteiger partial charge in [0.25, 0.3) is 5.91 Å². The van der Waals surface area contributed by atoms with Crippen molar-refractivity contribution in [3.05, 3.63) is 24.0 Å². The molecule has 1 N–H and O–H groups in total. The standard InChI is InChI=1S/C18H27N3O/c1-14-6-5-11-21(13-14)18(22)17-10-9-16(12-19-17)20-15-7-3-2-4-8-15/h9-10,12,14-15,20H,2-8,11,13H2,1H3. The van der Waals surface area contributed by atoms with Gasteiger partial charge in [0, 0.05) is 19.1 Å². The van der Waals surface area contributed by atoms with Gasteiger partial charge in [0.2, 0.25) is 0 Å². The normalized spacial score (nSPS) is 23.3. The maximum absolute atomic E-state index is 12.5. The predicted molar refractivity (Wildman–Crippen MR) is 89.0 cm³/mol. The van der Waals surface area contributed by atoms with Crippen molar-refractivity contribution >= 4 is 11.6 Å². The zero-order valence-corrected chi connectivity index (χ0v) is 13.6. The fraction of sp³-hybridized carbons (Fsp3) is 0.667. The molecule has 3 rings (SSSR count). The Hall–Kier alpha value is -1.58. The second-order valence-corrected chi connectivity index (χ2v) is 6.91. The highest BCUT2D eigenvalue weighted by Gasteiger charge is 2.22. The first-order valence-corrected chi connectivity index (χ1v) is 8.74. The van der Waals surface area contributed by atoms with Crippen LogP contribution in [-0.2, 0) is 0 Å². The molecule has 120 valence electrons. The third-order valence-electron chi connectivity index (χ3n) is 4.90. The second-order valence-electron chi connectivity index (χ2n) is 6.91. The maximum atomic E-state index is 12.5. The van der Waals surface area contributed by atoms with Gasteiger partial charge in [-0.3, -0.25) is 4.79 Å². The predicted octanol–water partition coefficient (Wildman–Crippen LogP) is 3.70. The van der Waals surface area contributed by atoms with E-state index in [2.05, 4.69) is 17.2 Å². The van der Waals surface area contributed by atoms with Crippen molar-refractivity contribution in [2.75, 3.05) is 18.4 Å². The Morgan fingerprint density at radius 1 is 1.18 bits per heavy atom. The van der Waals surface area contributed by atoms with E-state index in [1.54, 1.807) is 0 Å². The number of likely N-dealkylation sites (tertiary alicyclic amines) is 1. The van der Waals surface area contributed by atoms with Crippen molar-refractivity contribution in [1.29, 1.82) is 0 Å².